The highest BCUT2D eigenvalue weighted by Gasteiger charge is 2.44. The molecule has 214 valence electrons. The van der Waals surface area contributed by atoms with E-state index in [0.29, 0.717) is 25.0 Å². The lowest BCUT2D eigenvalue weighted by Crippen LogP contribution is -2.44. The summed E-state index contributed by atoms with van der Waals surface area (Å²) in [6, 6.07) is 0. The lowest BCUT2D eigenvalue weighted by atomic mass is 10.2. The Hall–Kier alpha value is -1.44. The van der Waals surface area contributed by atoms with Gasteiger partial charge in [0.1, 0.15) is 18.2 Å². The molecule has 14 heteroatoms. The molecule has 3 heterocycles. The molecule has 1 fully saturated rings. The highest BCUT2D eigenvalue weighted by molar-refractivity contribution is 8.07. The van der Waals surface area contributed by atoms with E-state index >= 15 is 0 Å². The zero-order valence-electron chi connectivity index (χ0n) is 23.5. The molecule has 0 radical (unpaired) electrons. The van der Waals surface area contributed by atoms with Crippen molar-refractivity contribution in [2.24, 2.45) is 0 Å². The number of rotatable bonds is 12. The number of aromatic amines is 2. The maximum atomic E-state index is 12.6. The summed E-state index contributed by atoms with van der Waals surface area (Å²) in [4.78, 5) is 34.2. The molecular weight excluding hydrogens is 547 g/mol. The molecule has 5 atom stereocenters. The summed E-state index contributed by atoms with van der Waals surface area (Å²) in [5.74, 6) is 0.772. The van der Waals surface area contributed by atoms with Crippen LogP contribution in [0.4, 0.5) is 0 Å². The molecule has 1 aliphatic heterocycles. The average molecular weight is 589 g/mol. The number of imidazole rings is 1. The fraction of sp³-hybridized carbons (Fsp3) is 0.708. The summed E-state index contributed by atoms with van der Waals surface area (Å²) in [5, 5.41) is -0.00117. The van der Waals surface area contributed by atoms with E-state index in [-0.39, 0.29) is 17.7 Å². The van der Waals surface area contributed by atoms with E-state index in [0.717, 1.165) is 5.82 Å². The minimum atomic E-state index is -3.20. The summed E-state index contributed by atoms with van der Waals surface area (Å²) in [6.45, 7) is 13.5. The number of nitrogens with one attached hydrogen (secondary N) is 2. The van der Waals surface area contributed by atoms with Gasteiger partial charge < -0.3 is 27.7 Å². The van der Waals surface area contributed by atoms with Crippen LogP contribution in [0.5, 0.6) is 0 Å². The fourth-order valence-corrected chi connectivity index (χ4v) is 7.45. The quantitative estimate of drug-likeness (QED) is 0.277. The second-order valence-electron chi connectivity index (χ2n) is 11.1. The van der Waals surface area contributed by atoms with Gasteiger partial charge in [-0.3, -0.25) is 14.3 Å². The molecule has 0 bridgehead atoms. The SMILES string of the molecule is CCOP(=S)(O[C@H]1C[C@H](n2cc(C)c(=O)[nH]c2=O)O[C@@H]1CO[Si](C)(C)C(C)(C)C)O[C@@H](C)Cc1ncc[nH]1. The highest BCUT2D eigenvalue weighted by Crippen LogP contribution is 2.54. The minimum absolute atomic E-state index is 0.00117. The Balaban J connectivity index is 1.85. The van der Waals surface area contributed by atoms with Crippen molar-refractivity contribution >= 4 is 26.8 Å². The number of H-pyrrole nitrogens is 2. The van der Waals surface area contributed by atoms with Gasteiger partial charge in [-0.15, -0.1) is 0 Å². The monoisotopic (exact) mass is 588 g/mol. The summed E-state index contributed by atoms with van der Waals surface area (Å²) >= 11 is 5.81. The van der Waals surface area contributed by atoms with Crippen molar-refractivity contribution in [1.29, 1.82) is 0 Å². The highest BCUT2D eigenvalue weighted by atomic mass is 32.5. The Labute approximate surface area is 230 Å². The third kappa shape index (κ3) is 7.82. The Bertz CT molecular complexity index is 1230. The predicted molar refractivity (Wildman–Crippen MR) is 151 cm³/mol. The van der Waals surface area contributed by atoms with Crippen LogP contribution in [0, 0.1) is 6.92 Å². The van der Waals surface area contributed by atoms with Crippen LogP contribution in [0.25, 0.3) is 0 Å². The van der Waals surface area contributed by atoms with Crippen molar-refractivity contribution in [2.75, 3.05) is 13.2 Å². The zero-order valence-corrected chi connectivity index (χ0v) is 26.2. The van der Waals surface area contributed by atoms with Crippen LogP contribution >= 0.6 is 6.72 Å². The van der Waals surface area contributed by atoms with E-state index < -0.39 is 44.7 Å². The van der Waals surface area contributed by atoms with E-state index in [1.165, 1.54) is 10.8 Å². The van der Waals surface area contributed by atoms with Gasteiger partial charge in [-0.05, 0) is 50.7 Å². The molecule has 0 aliphatic carbocycles. The molecule has 2 aromatic rings. The first-order chi connectivity index (χ1) is 17.6. The Morgan fingerprint density at radius 3 is 2.66 bits per heavy atom. The van der Waals surface area contributed by atoms with Crippen molar-refractivity contribution in [2.45, 2.75) is 97.1 Å². The van der Waals surface area contributed by atoms with Gasteiger partial charge >= 0.3 is 12.4 Å². The van der Waals surface area contributed by atoms with Gasteiger partial charge in [0, 0.05) is 37.0 Å². The standard InChI is InChI=1S/C24H41N4O7PSSi/c1-9-31-36(37,34-17(3)12-20-25-10-11-26-20)35-18-13-21(28-14-16(2)22(29)27-23(28)30)33-19(18)15-32-38(7,8)24(4,5)6/h10-11,14,17-19,21H,9,12-13,15H2,1-8H3,(H,25,26)(H,27,29,30)/t17-,18-,19+,21+,36?/m0/s1. The van der Waals surface area contributed by atoms with E-state index in [9.17, 15) is 9.59 Å². The van der Waals surface area contributed by atoms with Gasteiger partial charge in [0.05, 0.1) is 25.4 Å². The van der Waals surface area contributed by atoms with Gasteiger partial charge in [0.2, 0.25) is 0 Å². The first-order valence-electron chi connectivity index (χ1n) is 12.8. The number of aryl methyl sites for hydroxylation is 1. The van der Waals surface area contributed by atoms with Gasteiger partial charge in [0.15, 0.2) is 8.32 Å². The lowest BCUT2D eigenvalue weighted by Gasteiger charge is -2.37. The number of hydrogen-bond donors (Lipinski definition) is 2. The van der Waals surface area contributed by atoms with Crippen molar-refractivity contribution < 1.29 is 22.7 Å². The maximum absolute atomic E-state index is 12.6. The first kappa shape index (κ1) is 31.1. The molecule has 0 amide bonds. The number of hydrogen-bond acceptors (Lipinski definition) is 9. The molecule has 0 spiro atoms. The molecule has 0 saturated carbocycles. The largest absolute Gasteiger partial charge is 0.414 e. The summed E-state index contributed by atoms with van der Waals surface area (Å²) in [5.41, 5.74) is -0.579. The molecule has 1 aliphatic rings. The van der Waals surface area contributed by atoms with Crippen molar-refractivity contribution in [3.63, 3.8) is 0 Å². The van der Waals surface area contributed by atoms with Crippen LogP contribution < -0.4 is 11.2 Å². The second-order valence-corrected chi connectivity index (χ2v) is 18.8. The van der Waals surface area contributed by atoms with Gasteiger partial charge in [-0.2, -0.15) is 0 Å². The van der Waals surface area contributed by atoms with E-state index in [1.807, 2.05) is 13.8 Å². The molecule has 2 N–H and O–H groups in total. The number of aromatic nitrogens is 4. The molecule has 11 nitrogen and oxygen atoms in total. The van der Waals surface area contributed by atoms with Gasteiger partial charge in [-0.1, -0.05) is 20.8 Å². The van der Waals surface area contributed by atoms with Crippen LogP contribution in [0.3, 0.4) is 0 Å². The van der Waals surface area contributed by atoms with Crippen LogP contribution in [0.15, 0.2) is 28.2 Å². The van der Waals surface area contributed by atoms with Crippen LogP contribution in [-0.4, -0.2) is 59.4 Å². The molecule has 0 aromatic carbocycles. The third-order valence-corrected chi connectivity index (χ3v) is 14.0. The van der Waals surface area contributed by atoms with Crippen LogP contribution in [-0.2, 0) is 41.0 Å². The maximum Gasteiger partial charge on any atom is 0.330 e. The van der Waals surface area contributed by atoms with E-state index in [4.69, 9.17) is 34.5 Å². The van der Waals surface area contributed by atoms with Crippen LogP contribution in [0.2, 0.25) is 18.1 Å². The molecule has 1 unspecified atom stereocenters. The summed E-state index contributed by atoms with van der Waals surface area (Å²) in [6.07, 6.45) is 3.66. The number of ether oxygens (including phenoxy) is 1. The zero-order chi connectivity index (χ0) is 28.3. The van der Waals surface area contributed by atoms with Crippen LogP contribution in [0.1, 0.15) is 58.7 Å². The number of nitrogens with zero attached hydrogens (tertiary/aromatic N) is 2. The molecule has 1 saturated heterocycles. The Kier molecular flexibility index (Phi) is 10.1. The van der Waals surface area contributed by atoms with Crippen molar-refractivity contribution in [3.8, 4) is 0 Å². The third-order valence-electron chi connectivity index (χ3n) is 6.95. The smallest absolute Gasteiger partial charge is 0.330 e. The Morgan fingerprint density at radius 2 is 2.05 bits per heavy atom. The van der Waals surface area contributed by atoms with E-state index in [2.05, 4.69) is 48.8 Å². The van der Waals surface area contributed by atoms with Crippen molar-refractivity contribution in [1.82, 2.24) is 19.5 Å². The predicted octanol–water partition coefficient (Wildman–Crippen LogP) is 4.17. The van der Waals surface area contributed by atoms with E-state index in [1.54, 1.807) is 19.3 Å². The average Bonchev–Trinajstić information content (AvgIpc) is 3.43. The molecule has 38 heavy (non-hydrogen) atoms. The minimum Gasteiger partial charge on any atom is -0.414 e. The molecule has 3 rings (SSSR count). The fourth-order valence-electron chi connectivity index (χ4n) is 3.79. The topological polar surface area (TPSA) is 130 Å². The normalized spacial score (nSPS) is 22.9. The second kappa shape index (κ2) is 12.4. The molecule has 2 aromatic heterocycles. The molecular formula is C24H41N4O7PSSi. The van der Waals surface area contributed by atoms with Gasteiger partial charge in [-0.25, -0.2) is 9.78 Å². The van der Waals surface area contributed by atoms with Crippen molar-refractivity contribution in [3.05, 3.63) is 50.8 Å². The summed E-state index contributed by atoms with van der Waals surface area (Å²) in [7, 11) is -2.11. The lowest BCUT2D eigenvalue weighted by molar-refractivity contribution is -0.0432. The first-order valence-corrected chi connectivity index (χ1v) is 18.3. The summed E-state index contributed by atoms with van der Waals surface area (Å²) < 4.78 is 32.6. The Morgan fingerprint density at radius 1 is 1.34 bits per heavy atom. The van der Waals surface area contributed by atoms with Gasteiger partial charge in [0.25, 0.3) is 5.56 Å².